The Morgan fingerprint density at radius 1 is 1.35 bits per heavy atom. The molecule has 0 radical (unpaired) electrons. The van der Waals surface area contributed by atoms with E-state index in [1.54, 1.807) is 0 Å². The highest BCUT2D eigenvalue weighted by Crippen LogP contribution is 2.25. The van der Waals surface area contributed by atoms with Gasteiger partial charge in [-0.05, 0) is 32.8 Å². The number of primary amides is 1. The maximum absolute atomic E-state index is 11.8. The molecule has 0 aliphatic heterocycles. The number of nitrogens with two attached hydrogens (primary N) is 1. The van der Waals surface area contributed by atoms with Gasteiger partial charge >= 0.3 is 0 Å². The van der Waals surface area contributed by atoms with Crippen molar-refractivity contribution in [2.45, 2.75) is 45.7 Å². The highest BCUT2D eigenvalue weighted by atomic mass is 16.1. The van der Waals surface area contributed by atoms with Crippen LogP contribution in [-0.4, -0.2) is 11.9 Å². The molecule has 0 aliphatic rings. The number of aryl methyl sites for hydroxylation is 1. The normalized spacial score (nSPS) is 14.6. The molecule has 3 nitrogen and oxygen atoms in total. The van der Waals surface area contributed by atoms with Gasteiger partial charge in [0.15, 0.2) is 0 Å². The van der Waals surface area contributed by atoms with Crippen molar-refractivity contribution < 1.29 is 4.79 Å². The van der Waals surface area contributed by atoms with Crippen LogP contribution in [0, 0.1) is 6.92 Å². The Morgan fingerprint density at radius 2 is 1.88 bits per heavy atom. The number of carbonyl (C=O) groups excluding carboxylic acids is 1. The smallest absolute Gasteiger partial charge is 0.242 e. The van der Waals surface area contributed by atoms with Crippen LogP contribution in [0.5, 0.6) is 0 Å². The summed E-state index contributed by atoms with van der Waals surface area (Å²) in [5.74, 6) is -0.322. The Bertz CT molecular complexity index is 384. The standard InChI is InChI=1S/C14H22N2O/c1-5-14(13(15)17,16-10(2)3)12-8-6-11(4)7-9-12/h6-10,16H,5H2,1-4H3,(H2,15,17). The topological polar surface area (TPSA) is 55.1 Å². The van der Waals surface area contributed by atoms with Crippen molar-refractivity contribution in [2.75, 3.05) is 0 Å². The molecule has 94 valence electrons. The number of carbonyl (C=O) groups is 1. The van der Waals surface area contributed by atoms with Crippen LogP contribution in [-0.2, 0) is 10.3 Å². The third-order valence-electron chi connectivity index (χ3n) is 3.03. The summed E-state index contributed by atoms with van der Waals surface area (Å²) in [7, 11) is 0. The summed E-state index contributed by atoms with van der Waals surface area (Å²) in [5.41, 5.74) is 6.95. The fourth-order valence-corrected chi connectivity index (χ4v) is 2.11. The van der Waals surface area contributed by atoms with Crippen molar-refractivity contribution in [1.82, 2.24) is 5.32 Å². The second-order valence-electron chi connectivity index (χ2n) is 4.79. The average Bonchev–Trinajstić information content (AvgIpc) is 2.26. The van der Waals surface area contributed by atoms with Crippen LogP contribution >= 0.6 is 0 Å². The zero-order chi connectivity index (χ0) is 13.1. The molecular formula is C14H22N2O. The minimum absolute atomic E-state index is 0.198. The van der Waals surface area contributed by atoms with Crippen LogP contribution in [0.1, 0.15) is 38.3 Å². The molecule has 3 N–H and O–H groups in total. The fraction of sp³-hybridized carbons (Fsp3) is 0.500. The Morgan fingerprint density at radius 3 is 2.24 bits per heavy atom. The minimum Gasteiger partial charge on any atom is -0.368 e. The van der Waals surface area contributed by atoms with Gasteiger partial charge in [-0.15, -0.1) is 0 Å². The number of hydrogen-bond donors (Lipinski definition) is 2. The van der Waals surface area contributed by atoms with E-state index in [0.717, 1.165) is 5.56 Å². The van der Waals surface area contributed by atoms with E-state index in [2.05, 4.69) is 5.32 Å². The van der Waals surface area contributed by atoms with Crippen LogP contribution in [0.15, 0.2) is 24.3 Å². The van der Waals surface area contributed by atoms with Gasteiger partial charge in [0.2, 0.25) is 5.91 Å². The lowest BCUT2D eigenvalue weighted by Gasteiger charge is -2.33. The molecule has 3 heteroatoms. The Labute approximate surface area is 103 Å². The summed E-state index contributed by atoms with van der Waals surface area (Å²) in [4.78, 5) is 11.8. The van der Waals surface area contributed by atoms with Crippen LogP contribution in [0.25, 0.3) is 0 Å². The minimum atomic E-state index is -0.762. The summed E-state index contributed by atoms with van der Waals surface area (Å²) in [6.07, 6.45) is 0.642. The third kappa shape index (κ3) is 2.86. The van der Waals surface area contributed by atoms with E-state index in [0.29, 0.717) is 6.42 Å². The van der Waals surface area contributed by atoms with Gasteiger partial charge < -0.3 is 5.73 Å². The molecule has 1 aromatic rings. The first-order chi connectivity index (χ1) is 7.92. The van der Waals surface area contributed by atoms with Gasteiger partial charge in [-0.3, -0.25) is 10.1 Å². The Hall–Kier alpha value is -1.35. The van der Waals surface area contributed by atoms with Crippen molar-refractivity contribution in [1.29, 1.82) is 0 Å². The van der Waals surface area contributed by atoms with Crippen molar-refractivity contribution in [2.24, 2.45) is 5.73 Å². The van der Waals surface area contributed by atoms with Crippen molar-refractivity contribution in [3.05, 3.63) is 35.4 Å². The first-order valence-corrected chi connectivity index (χ1v) is 6.07. The number of nitrogens with one attached hydrogen (secondary N) is 1. The highest BCUT2D eigenvalue weighted by molar-refractivity contribution is 5.86. The largest absolute Gasteiger partial charge is 0.368 e. The van der Waals surface area contributed by atoms with Gasteiger partial charge in [0.1, 0.15) is 5.54 Å². The second-order valence-corrected chi connectivity index (χ2v) is 4.79. The van der Waals surface area contributed by atoms with Gasteiger partial charge in [-0.1, -0.05) is 36.8 Å². The van der Waals surface area contributed by atoms with E-state index in [9.17, 15) is 4.79 Å². The molecule has 0 heterocycles. The molecule has 0 bridgehead atoms. The number of hydrogen-bond acceptors (Lipinski definition) is 2. The maximum Gasteiger partial charge on any atom is 0.242 e. The molecule has 0 aromatic heterocycles. The molecule has 0 fully saturated rings. The maximum atomic E-state index is 11.8. The predicted octanol–water partition coefficient (Wildman–Crippen LogP) is 2.08. The van der Waals surface area contributed by atoms with E-state index in [-0.39, 0.29) is 11.9 Å². The molecule has 1 amide bonds. The molecule has 0 aliphatic carbocycles. The average molecular weight is 234 g/mol. The lowest BCUT2D eigenvalue weighted by Crippen LogP contribution is -2.54. The molecule has 0 saturated carbocycles. The summed E-state index contributed by atoms with van der Waals surface area (Å²) in [5, 5.41) is 3.30. The van der Waals surface area contributed by atoms with E-state index in [1.165, 1.54) is 5.56 Å². The monoisotopic (exact) mass is 234 g/mol. The predicted molar refractivity (Wildman–Crippen MR) is 70.6 cm³/mol. The lowest BCUT2D eigenvalue weighted by atomic mass is 9.85. The van der Waals surface area contributed by atoms with Crippen LogP contribution in [0.2, 0.25) is 0 Å². The molecule has 1 unspecified atom stereocenters. The number of benzene rings is 1. The second kappa shape index (κ2) is 5.32. The van der Waals surface area contributed by atoms with E-state index < -0.39 is 5.54 Å². The Balaban J connectivity index is 3.21. The number of amides is 1. The van der Waals surface area contributed by atoms with Crippen LogP contribution in [0.4, 0.5) is 0 Å². The molecular weight excluding hydrogens is 212 g/mol. The molecule has 1 rings (SSSR count). The van der Waals surface area contributed by atoms with Gasteiger partial charge in [0.25, 0.3) is 0 Å². The molecule has 1 aromatic carbocycles. The van der Waals surface area contributed by atoms with Crippen molar-refractivity contribution in [3.63, 3.8) is 0 Å². The third-order valence-corrected chi connectivity index (χ3v) is 3.03. The molecule has 17 heavy (non-hydrogen) atoms. The summed E-state index contributed by atoms with van der Waals surface area (Å²) in [6, 6.07) is 8.15. The summed E-state index contributed by atoms with van der Waals surface area (Å²) in [6.45, 7) is 8.03. The van der Waals surface area contributed by atoms with Crippen LogP contribution < -0.4 is 11.1 Å². The quantitative estimate of drug-likeness (QED) is 0.819. The first-order valence-electron chi connectivity index (χ1n) is 6.07. The zero-order valence-corrected chi connectivity index (χ0v) is 11.1. The van der Waals surface area contributed by atoms with Gasteiger partial charge in [-0.25, -0.2) is 0 Å². The van der Waals surface area contributed by atoms with Crippen molar-refractivity contribution >= 4 is 5.91 Å². The Kier molecular flexibility index (Phi) is 4.29. The van der Waals surface area contributed by atoms with Crippen LogP contribution in [0.3, 0.4) is 0 Å². The molecule has 0 spiro atoms. The van der Waals surface area contributed by atoms with Gasteiger partial charge in [0.05, 0.1) is 0 Å². The van der Waals surface area contributed by atoms with E-state index in [4.69, 9.17) is 5.73 Å². The summed E-state index contributed by atoms with van der Waals surface area (Å²) >= 11 is 0. The van der Waals surface area contributed by atoms with Gasteiger partial charge in [0, 0.05) is 6.04 Å². The van der Waals surface area contributed by atoms with E-state index >= 15 is 0 Å². The SMILES string of the molecule is CCC(NC(C)C)(C(N)=O)c1ccc(C)cc1. The number of rotatable bonds is 5. The molecule has 0 saturated heterocycles. The summed E-state index contributed by atoms with van der Waals surface area (Å²) < 4.78 is 0. The molecule has 1 atom stereocenters. The fourth-order valence-electron chi connectivity index (χ4n) is 2.11. The van der Waals surface area contributed by atoms with E-state index in [1.807, 2.05) is 52.0 Å². The lowest BCUT2D eigenvalue weighted by molar-refractivity contribution is -0.125. The van der Waals surface area contributed by atoms with Crippen molar-refractivity contribution in [3.8, 4) is 0 Å². The van der Waals surface area contributed by atoms with Gasteiger partial charge in [-0.2, -0.15) is 0 Å². The highest BCUT2D eigenvalue weighted by Gasteiger charge is 2.36. The first kappa shape index (κ1) is 13.7. The zero-order valence-electron chi connectivity index (χ0n) is 11.1.